The van der Waals surface area contributed by atoms with Crippen LogP contribution < -0.4 is 0 Å². The van der Waals surface area contributed by atoms with Gasteiger partial charge >= 0.3 is 7.82 Å². The Kier molecular flexibility index (Phi) is 25.1. The molecular weight excluding hydrogens is 543 g/mol. The van der Waals surface area contributed by atoms with Crippen molar-refractivity contribution in [3.8, 4) is 0 Å². The van der Waals surface area contributed by atoms with E-state index in [-0.39, 0.29) is 12.2 Å². The number of hydrogen-bond acceptors (Lipinski definition) is 11. The van der Waals surface area contributed by atoms with E-state index in [0.717, 1.165) is 51.4 Å². The zero-order chi connectivity index (χ0) is 29.2. The van der Waals surface area contributed by atoms with E-state index >= 15 is 0 Å². The minimum atomic E-state index is -4.64. The van der Waals surface area contributed by atoms with Crippen molar-refractivity contribution in [1.29, 1.82) is 0 Å². The van der Waals surface area contributed by atoms with Gasteiger partial charge in [-0.1, -0.05) is 52.4 Å². The molecule has 15 heteroatoms. The second kappa shape index (κ2) is 25.8. The molecule has 0 spiro atoms. The molecule has 0 aromatic rings. The highest BCUT2D eigenvalue weighted by atomic mass is 31.2. The maximum atomic E-state index is 8.88. The van der Waals surface area contributed by atoms with Crippen LogP contribution in [0, 0.1) is 0 Å². The summed E-state index contributed by atoms with van der Waals surface area (Å²) >= 11 is 0. The lowest BCUT2D eigenvalue weighted by molar-refractivity contribution is -0.708. The molecule has 0 saturated heterocycles. The lowest BCUT2D eigenvalue weighted by Gasteiger charge is -2.18. The molecule has 232 valence electrons. The Hall–Kier alpha value is -1.13. The molecule has 3 N–H and O–H groups in total. The molecule has 2 aliphatic carbocycles. The topological polar surface area (TPSA) is 170 Å². The molecular formula is C24H47O14P. The Labute approximate surface area is 230 Å². The zero-order valence-corrected chi connectivity index (χ0v) is 24.4. The molecule has 2 rings (SSSR count). The fraction of sp³-hybridized carbons (Fsp3) is 0.833. The fourth-order valence-corrected chi connectivity index (χ4v) is 3.56. The molecule has 2 saturated carbocycles. The molecule has 0 bridgehead atoms. The molecule has 0 heterocycles. The Morgan fingerprint density at radius 1 is 0.641 bits per heavy atom. The van der Waals surface area contributed by atoms with Crippen LogP contribution in [-0.4, -0.2) is 26.9 Å². The Bertz CT molecular complexity index is 603. The van der Waals surface area contributed by atoms with Crippen LogP contribution in [0.25, 0.3) is 0 Å². The first-order chi connectivity index (χ1) is 18.7. The molecule has 14 nitrogen and oxygen atoms in total. The van der Waals surface area contributed by atoms with Crippen LogP contribution in [0.15, 0.2) is 23.7 Å². The number of phosphoric acid groups is 1. The summed E-state index contributed by atoms with van der Waals surface area (Å²) in [5.41, 5.74) is 0. The fourth-order valence-electron chi connectivity index (χ4n) is 3.56. The van der Waals surface area contributed by atoms with Gasteiger partial charge in [0.1, 0.15) is 11.5 Å². The highest BCUT2D eigenvalue weighted by molar-refractivity contribution is 7.45. The molecule has 0 amide bonds. The molecule has 0 atom stereocenters. The monoisotopic (exact) mass is 590 g/mol. The third-order valence-corrected chi connectivity index (χ3v) is 5.49. The Balaban J connectivity index is 0.000000632. The summed E-state index contributed by atoms with van der Waals surface area (Å²) in [5.74, 6) is 1.41. The summed E-state index contributed by atoms with van der Waals surface area (Å²) in [6.45, 7) is 7.84. The van der Waals surface area contributed by atoms with E-state index in [4.69, 9.17) is 38.8 Å². The summed E-state index contributed by atoms with van der Waals surface area (Å²) in [7, 11) is -4.64. The van der Waals surface area contributed by atoms with Crippen molar-refractivity contribution in [1.82, 2.24) is 0 Å². The van der Waals surface area contributed by atoms with Crippen molar-refractivity contribution in [2.24, 2.45) is 0 Å². The first-order valence-corrected chi connectivity index (χ1v) is 15.0. The van der Waals surface area contributed by atoms with Gasteiger partial charge in [0.05, 0.1) is 12.2 Å². The summed E-state index contributed by atoms with van der Waals surface area (Å²) < 4.78 is 8.88. The summed E-state index contributed by atoms with van der Waals surface area (Å²) in [6.07, 6.45) is 18.6. The molecule has 39 heavy (non-hydrogen) atoms. The van der Waals surface area contributed by atoms with Crippen molar-refractivity contribution in [2.75, 3.05) is 0 Å². The minimum Gasteiger partial charge on any atom is -0.311 e. The van der Waals surface area contributed by atoms with Gasteiger partial charge in [-0.15, -0.1) is 0 Å². The number of hydrogen-bond donors (Lipinski definition) is 3. The lowest BCUT2D eigenvalue weighted by atomic mass is 9.98. The van der Waals surface area contributed by atoms with Crippen LogP contribution in [0.4, 0.5) is 0 Å². The molecule has 0 aliphatic heterocycles. The van der Waals surface area contributed by atoms with Crippen molar-refractivity contribution < 1.29 is 69.0 Å². The smallest absolute Gasteiger partial charge is 0.311 e. The number of rotatable bonds is 16. The van der Waals surface area contributed by atoms with Gasteiger partial charge < -0.3 is 24.5 Å². The second-order valence-corrected chi connectivity index (χ2v) is 9.84. The van der Waals surface area contributed by atoms with Crippen LogP contribution in [0.1, 0.15) is 118 Å². The van der Waals surface area contributed by atoms with Gasteiger partial charge in [0.25, 0.3) is 0 Å². The van der Waals surface area contributed by atoms with E-state index in [0.29, 0.717) is 11.5 Å². The predicted octanol–water partition coefficient (Wildman–Crippen LogP) is 6.60. The third kappa shape index (κ3) is 26.8. The van der Waals surface area contributed by atoms with Gasteiger partial charge in [-0.2, -0.15) is 0 Å². The molecule has 0 aromatic carbocycles. The van der Waals surface area contributed by atoms with Gasteiger partial charge in [0.2, 0.25) is 0 Å². The quantitative estimate of drug-likeness (QED) is 0.0577. The van der Waals surface area contributed by atoms with Gasteiger partial charge in [-0.25, -0.2) is 14.3 Å². The third-order valence-electron chi connectivity index (χ3n) is 5.49. The molecule has 0 aromatic heterocycles. The van der Waals surface area contributed by atoms with Crippen LogP contribution in [0.2, 0.25) is 0 Å². The van der Waals surface area contributed by atoms with Crippen molar-refractivity contribution in [2.45, 2.75) is 130 Å². The molecule has 0 radical (unpaired) electrons. The van der Waals surface area contributed by atoms with Crippen molar-refractivity contribution in [3.05, 3.63) is 23.7 Å². The standard InChI is InChI=1S/2C12H22O5.H3O4P/c2*1-3-8-11(4-2)13-15-17-16-14-12-9-6-5-7-10-12;1-5(2,3)4/h2*4,12H,3,5-10H2,1-2H3;(H3,1,2,3,4). The average Bonchev–Trinajstić information content (AvgIpc) is 2.92. The normalized spacial score (nSPS) is 17.5. The molecule has 2 aliphatic rings. The average molecular weight is 591 g/mol. The zero-order valence-electron chi connectivity index (χ0n) is 23.5. The Morgan fingerprint density at radius 3 is 1.26 bits per heavy atom. The molecule has 0 unspecified atom stereocenters. The van der Waals surface area contributed by atoms with Crippen LogP contribution >= 0.6 is 7.82 Å². The van der Waals surface area contributed by atoms with Gasteiger partial charge in [-0.05, 0) is 74.6 Å². The van der Waals surface area contributed by atoms with Gasteiger partial charge in [0, 0.05) is 33.0 Å². The minimum absolute atomic E-state index is 0.101. The maximum Gasteiger partial charge on any atom is 0.466 e. The van der Waals surface area contributed by atoms with E-state index in [2.05, 4.69) is 44.1 Å². The van der Waals surface area contributed by atoms with E-state index in [1.807, 2.05) is 26.0 Å². The predicted molar refractivity (Wildman–Crippen MR) is 136 cm³/mol. The van der Waals surface area contributed by atoms with E-state index in [1.54, 1.807) is 0 Å². The summed E-state index contributed by atoms with van der Waals surface area (Å²) in [5, 5.41) is 26.4. The lowest BCUT2D eigenvalue weighted by Crippen LogP contribution is -2.17. The SMILES string of the molecule is CC=C(CCC)OOOOOC1CCCCC1.CC=C(CCC)OOOOOC1CCCCC1.O=P(O)(O)O. The highest BCUT2D eigenvalue weighted by Gasteiger charge is 2.16. The van der Waals surface area contributed by atoms with Crippen LogP contribution in [0.5, 0.6) is 0 Å². The van der Waals surface area contributed by atoms with Gasteiger partial charge in [0.15, 0.2) is 0 Å². The second-order valence-electron chi connectivity index (χ2n) is 8.81. The first-order valence-electron chi connectivity index (χ1n) is 13.5. The van der Waals surface area contributed by atoms with Crippen molar-refractivity contribution >= 4 is 7.82 Å². The van der Waals surface area contributed by atoms with E-state index in [9.17, 15) is 0 Å². The van der Waals surface area contributed by atoms with Crippen LogP contribution in [-0.2, 0) is 54.3 Å². The van der Waals surface area contributed by atoms with E-state index < -0.39 is 7.82 Å². The highest BCUT2D eigenvalue weighted by Crippen LogP contribution is 2.26. The van der Waals surface area contributed by atoms with Crippen molar-refractivity contribution in [3.63, 3.8) is 0 Å². The Morgan fingerprint density at radius 2 is 0.974 bits per heavy atom. The summed E-state index contributed by atoms with van der Waals surface area (Å²) in [6, 6.07) is 0. The first kappa shape index (κ1) is 37.9. The van der Waals surface area contributed by atoms with E-state index in [1.165, 1.54) is 38.5 Å². The maximum absolute atomic E-state index is 8.88. The largest absolute Gasteiger partial charge is 0.466 e. The van der Waals surface area contributed by atoms with Gasteiger partial charge in [-0.3, -0.25) is 0 Å². The number of allylic oxidation sites excluding steroid dienone is 4. The van der Waals surface area contributed by atoms with Crippen LogP contribution in [0.3, 0.4) is 0 Å². The molecule has 2 fully saturated rings. The summed E-state index contributed by atoms with van der Waals surface area (Å²) in [4.78, 5) is 41.3.